The van der Waals surface area contributed by atoms with Gasteiger partial charge in [0.2, 0.25) is 11.8 Å². The molecule has 0 fully saturated rings. The van der Waals surface area contributed by atoms with Crippen LogP contribution in [0.4, 0.5) is 35.1 Å². The Balaban J connectivity index is 0.000000285. The number of rotatable bonds is 26. The molecule has 502 valence electrons. The van der Waals surface area contributed by atoms with Crippen LogP contribution < -0.4 is 11.1 Å². The highest BCUT2D eigenvalue weighted by molar-refractivity contribution is 7.98. The van der Waals surface area contributed by atoms with Crippen molar-refractivity contribution in [2.45, 2.75) is 127 Å². The summed E-state index contributed by atoms with van der Waals surface area (Å²) >= 11 is 0.372. The molecule has 10 rings (SSSR count). The average molecular weight is 1380 g/mol. The van der Waals surface area contributed by atoms with Gasteiger partial charge in [-0.2, -0.15) is 36.3 Å². The van der Waals surface area contributed by atoms with Crippen molar-refractivity contribution >= 4 is 35.3 Å². The Morgan fingerprint density at radius 1 is 0.537 bits per heavy atom. The van der Waals surface area contributed by atoms with Crippen LogP contribution in [0.5, 0.6) is 0 Å². The minimum absolute atomic E-state index is 0.100. The molecular weight excluding hydrogens is 1270 g/mol. The Morgan fingerprint density at radius 3 is 1.51 bits per heavy atom. The van der Waals surface area contributed by atoms with E-state index in [0.717, 1.165) is 67.0 Å². The molecule has 22 heteroatoms. The number of hydrogen-bond donors (Lipinski definition) is 0. The van der Waals surface area contributed by atoms with E-state index in [1.807, 2.05) is 0 Å². The smallest absolute Gasteiger partial charge is 0.336 e. The summed E-state index contributed by atoms with van der Waals surface area (Å²) in [7, 11) is 0. The van der Waals surface area contributed by atoms with Gasteiger partial charge in [0.25, 0.3) is 11.1 Å². The number of hydrogen-bond acceptors (Lipinski definition) is 10. The third kappa shape index (κ3) is 19.2. The van der Waals surface area contributed by atoms with E-state index < -0.39 is 258 Å². The number of halogens is 8. The molecule has 1 atom stereocenters. The Kier molecular flexibility index (Phi) is 14.4. The molecule has 0 N–H and O–H groups in total. The van der Waals surface area contributed by atoms with Crippen molar-refractivity contribution in [1.82, 2.24) is 38.7 Å². The zero-order valence-corrected chi connectivity index (χ0v) is 52.9. The summed E-state index contributed by atoms with van der Waals surface area (Å²) in [6, 6.07) is 0.857. The first kappa shape index (κ1) is 41.9. The molecule has 8 aromatic rings. The maximum absolute atomic E-state index is 14.8. The van der Waals surface area contributed by atoms with E-state index in [-0.39, 0.29) is 53.9 Å². The fourth-order valence-corrected chi connectivity index (χ4v) is 11.1. The highest BCUT2D eigenvalue weighted by Gasteiger charge is 2.33. The van der Waals surface area contributed by atoms with Crippen LogP contribution in [-0.2, 0) is 85.1 Å². The van der Waals surface area contributed by atoms with Crippen LogP contribution in [0.2, 0.25) is 0 Å². The molecule has 0 bridgehead atoms. The summed E-state index contributed by atoms with van der Waals surface area (Å²) in [6.07, 6.45) is -15.0. The molecule has 0 saturated heterocycles. The summed E-state index contributed by atoms with van der Waals surface area (Å²) in [5.41, 5.74) is -13.6. The van der Waals surface area contributed by atoms with Crippen molar-refractivity contribution in [3.8, 4) is 22.3 Å². The standard InChI is InChI=1S/C37H40F4N4O2S.C36H38F4N4O2S/c1-4-43(5-2)18-19-44(22-26-6-10-28(11-7-26)29-12-14-30(15-13-29)37(39,40)41)34(46)23-45-33-21-25(3)20-32(33)35(47)42-36(45)48-24-27-8-16-31(38)17-9-27;1-3-42(4-2)20-21-43(22-25-8-12-27(13-9-25)28-14-16-29(17-15-28)36(38,39)40)33(45)23-44-32-7-5-6-31(32)34(46)41-35(44)47-24-26-10-18-30(37)19-11-26/h6-17,25H,4-5,18-24H2,1-3H3;8-19H,3-7,20-24H2,1-2H3/i4D2,5D2,6D,7D,10D,11D,12D,13D,14D,15D,20D2,21D2,24D2,25D;3D2,4D2,10D,11D,18D,19D,24D2. The molecule has 1 unspecified atom stereocenters. The quantitative estimate of drug-likeness (QED) is 0.0295. The second-order valence-electron chi connectivity index (χ2n) is 20.8. The third-order valence-corrected chi connectivity index (χ3v) is 16.2. The van der Waals surface area contributed by atoms with Gasteiger partial charge < -0.3 is 28.7 Å². The molecule has 0 aliphatic heterocycles. The predicted molar refractivity (Wildman–Crippen MR) is 358 cm³/mol. The van der Waals surface area contributed by atoms with Crippen LogP contribution in [0, 0.1) is 17.5 Å². The first-order valence-electron chi connectivity index (χ1n) is 43.4. The van der Waals surface area contributed by atoms with Crippen LogP contribution >= 0.6 is 23.5 Å². The minimum atomic E-state index is -5.37. The molecule has 95 heavy (non-hydrogen) atoms. The molecule has 6 aromatic carbocycles. The summed E-state index contributed by atoms with van der Waals surface area (Å²) in [6.45, 7) is -8.87. The second-order valence-corrected chi connectivity index (χ2v) is 22.3. The molecule has 2 heterocycles. The van der Waals surface area contributed by atoms with Gasteiger partial charge in [0.1, 0.15) is 24.7 Å². The van der Waals surface area contributed by atoms with E-state index in [0.29, 0.717) is 56.7 Å². The topological polar surface area (TPSA) is 117 Å². The number of aromatic nitrogens is 4. The van der Waals surface area contributed by atoms with Crippen molar-refractivity contribution in [3.63, 3.8) is 0 Å². The minimum Gasteiger partial charge on any atom is -0.336 e. The summed E-state index contributed by atoms with van der Waals surface area (Å²) in [4.78, 5) is 67.5. The van der Waals surface area contributed by atoms with E-state index in [9.17, 15) is 54.3 Å². The van der Waals surface area contributed by atoms with Gasteiger partial charge in [-0.1, -0.05) is 155 Å². The summed E-state index contributed by atoms with van der Waals surface area (Å²) in [5, 5.41) is -1.08. The molecule has 2 aromatic heterocycles. The molecule has 12 nitrogen and oxygen atoms in total. The molecular formula is C73H78F8N8O4S2. The number of amides is 2. The zero-order valence-electron chi connectivity index (χ0n) is 80.3. The predicted octanol–water partition coefficient (Wildman–Crippen LogP) is 14.7. The van der Waals surface area contributed by atoms with Gasteiger partial charge in [0.05, 0.1) is 27.6 Å². The van der Waals surface area contributed by atoms with Crippen LogP contribution in [-0.4, -0.2) is 103 Å². The normalized spacial score (nSPS) is 20.8. The third-order valence-electron chi connectivity index (χ3n) is 14.5. The maximum Gasteiger partial charge on any atom is 0.416 e. The van der Waals surface area contributed by atoms with Gasteiger partial charge in [-0.3, -0.25) is 19.2 Å². The Bertz CT molecular complexity index is 5480. The second kappa shape index (κ2) is 32.7. The number of likely N-dealkylation sites (N-methyl/N-ethyl adjacent to an activating group) is 2. The first-order valence-corrected chi connectivity index (χ1v) is 30.5. The lowest BCUT2D eigenvalue weighted by molar-refractivity contribution is -0.138. The zero-order chi connectivity index (χ0) is 93.7. The van der Waals surface area contributed by atoms with Gasteiger partial charge in [-0.05, 0) is 157 Å². The van der Waals surface area contributed by atoms with Gasteiger partial charge in [-0.15, -0.1) is 0 Å². The van der Waals surface area contributed by atoms with Crippen LogP contribution in [0.25, 0.3) is 22.3 Å². The maximum atomic E-state index is 14.8. The lowest BCUT2D eigenvalue weighted by atomic mass is 10.0. The summed E-state index contributed by atoms with van der Waals surface area (Å²) < 4.78 is 356. The highest BCUT2D eigenvalue weighted by Crippen LogP contribution is 2.35. The Labute approximate surface area is 598 Å². The molecule has 0 spiro atoms. The average Bonchev–Trinajstić information content (AvgIpc) is 1.50. The molecule has 2 aliphatic rings. The Morgan fingerprint density at radius 2 is 0.989 bits per heavy atom. The molecule has 2 aliphatic carbocycles. The van der Waals surface area contributed by atoms with Crippen molar-refractivity contribution in [2.24, 2.45) is 5.89 Å². The highest BCUT2D eigenvalue weighted by atomic mass is 32.2. The van der Waals surface area contributed by atoms with Crippen LogP contribution in [0.1, 0.15) is 137 Å². The number of fused-ring (bicyclic) bond motifs is 2. The van der Waals surface area contributed by atoms with Gasteiger partial charge >= 0.3 is 12.4 Å². The van der Waals surface area contributed by atoms with E-state index in [2.05, 4.69) is 9.97 Å². The van der Waals surface area contributed by atoms with Crippen molar-refractivity contribution in [3.05, 3.63) is 234 Å². The molecule has 0 saturated carbocycles. The van der Waals surface area contributed by atoms with Crippen LogP contribution in [0.3, 0.4) is 0 Å². The largest absolute Gasteiger partial charge is 0.416 e. The van der Waals surface area contributed by atoms with Crippen LogP contribution in [0.15, 0.2) is 165 Å². The number of thioether (sulfide) groups is 2. The Hall–Kier alpha value is -7.92. The SMILES string of the molecule is [2H]c1c([2H])c(-c2c([2H])c([2H])c(C(F)(F)F)c([2H])c2[2H])c([2H])c([2H])c1CN(CCN(C([2H])([2H])C)C([2H])([2H])C)C(=O)Cn1c(SC([2H])([2H])c2ccc(F)cc2)nc(=O)c2c1C([2H])([2H])C([2H])(C)C2([2H])[2H].[2H]c1c([2H])c(C([2H])([2H])Sc2nc(=O)c3c(n2CC(=O)N(CCN(C([2H])([2H])C)C([2H])([2H])C)Cc2ccc(-c4ccc(C(F)(F)F)cc4)cc2)CCC3)c([2H])c([2H])c1F. The number of nitrogens with zero attached hydrogens (tertiary/aromatic N) is 8. The van der Waals surface area contributed by atoms with Gasteiger partial charge in [0, 0.05) is 96.5 Å². The number of carbonyl (C=O) groups excluding carboxylic acids is 2. The number of carbonyl (C=O) groups is 2. The van der Waals surface area contributed by atoms with E-state index in [4.69, 9.17) is 39.8 Å². The molecule has 2 amide bonds. The fraction of sp³-hybridized carbons (Fsp3) is 0.370. The van der Waals surface area contributed by atoms with Crippen molar-refractivity contribution in [1.29, 1.82) is 0 Å². The van der Waals surface area contributed by atoms with Crippen molar-refractivity contribution < 1.29 is 84.5 Å². The molecule has 0 radical (unpaired) electrons. The van der Waals surface area contributed by atoms with E-state index in [1.165, 1.54) is 35.4 Å². The summed E-state index contributed by atoms with van der Waals surface area (Å²) in [5.74, 6) is -6.89. The van der Waals surface area contributed by atoms with Gasteiger partial charge in [-0.25, -0.2) is 8.78 Å². The lowest BCUT2D eigenvalue weighted by Crippen LogP contribution is -2.40. The lowest BCUT2D eigenvalue weighted by Gasteiger charge is -2.28. The number of benzene rings is 6. The number of alkyl halides is 6. The van der Waals surface area contributed by atoms with Crippen molar-refractivity contribution in [2.75, 3.05) is 52.2 Å². The van der Waals surface area contributed by atoms with E-state index >= 15 is 0 Å². The van der Waals surface area contributed by atoms with Gasteiger partial charge in [0.15, 0.2) is 10.3 Å². The fourth-order valence-electron chi connectivity index (χ4n) is 9.65. The first-order chi connectivity index (χ1) is 56.6. The van der Waals surface area contributed by atoms with E-state index in [1.54, 1.807) is 24.3 Å². The monoisotopic (exact) mass is 1380 g/mol.